The van der Waals surface area contributed by atoms with E-state index in [0.717, 1.165) is 59.1 Å². The smallest absolute Gasteiger partial charge is 0.164 e. The van der Waals surface area contributed by atoms with Gasteiger partial charge >= 0.3 is 0 Å². The van der Waals surface area contributed by atoms with E-state index in [4.69, 9.17) is 19.4 Å². The van der Waals surface area contributed by atoms with Crippen molar-refractivity contribution < 1.29 is 4.42 Å². The number of hydrogen-bond acceptors (Lipinski definition) is 4. The molecule has 0 N–H and O–H groups in total. The second-order valence-corrected chi connectivity index (χ2v) is 13.0. The summed E-state index contributed by atoms with van der Waals surface area (Å²) >= 11 is 0. The van der Waals surface area contributed by atoms with E-state index in [0.29, 0.717) is 17.5 Å². The molecule has 0 aliphatic heterocycles. The zero-order chi connectivity index (χ0) is 32.3. The summed E-state index contributed by atoms with van der Waals surface area (Å²) in [6.07, 6.45) is 8.49. The maximum Gasteiger partial charge on any atom is 0.164 e. The summed E-state index contributed by atoms with van der Waals surface area (Å²) in [5.74, 6) is 3.11. The number of fused-ring (bicyclic) bond motifs is 7. The van der Waals surface area contributed by atoms with Crippen molar-refractivity contribution in [2.45, 2.75) is 25.7 Å². The topological polar surface area (TPSA) is 51.8 Å². The lowest BCUT2D eigenvalue weighted by molar-refractivity contribution is 0.546. The number of aryl methyl sites for hydroxylation is 3. The minimum atomic E-state index is 0.666. The number of nitrogens with zero attached hydrogens (tertiary/aromatic N) is 3. The Morgan fingerprint density at radius 2 is 1.12 bits per heavy atom. The lowest BCUT2D eigenvalue weighted by Gasteiger charge is -2.20. The highest BCUT2D eigenvalue weighted by molar-refractivity contribution is 6.03. The molecule has 0 fully saturated rings. The molecule has 0 saturated carbocycles. The molecule has 0 unspecified atom stereocenters. The van der Waals surface area contributed by atoms with Crippen molar-refractivity contribution in [1.82, 2.24) is 15.0 Å². The molecule has 2 aliphatic carbocycles. The van der Waals surface area contributed by atoms with Crippen LogP contribution in [0.2, 0.25) is 0 Å². The quantitative estimate of drug-likeness (QED) is 0.194. The van der Waals surface area contributed by atoms with Crippen LogP contribution in [0.3, 0.4) is 0 Å². The molecule has 2 aliphatic rings. The molecule has 0 spiro atoms. The van der Waals surface area contributed by atoms with Gasteiger partial charge in [-0.05, 0) is 87.7 Å². The van der Waals surface area contributed by atoms with E-state index < -0.39 is 0 Å². The monoisotopic (exact) mass is 629 g/mol. The Hall–Kier alpha value is -6.13. The Labute approximate surface area is 284 Å². The first-order valence-electron chi connectivity index (χ1n) is 17.0. The van der Waals surface area contributed by atoms with Gasteiger partial charge in [0, 0.05) is 34.1 Å². The summed E-state index contributed by atoms with van der Waals surface area (Å²) in [7, 11) is 0. The third-order valence-electron chi connectivity index (χ3n) is 10.1. The molecule has 0 atom stereocenters. The summed E-state index contributed by atoms with van der Waals surface area (Å²) in [4.78, 5) is 15.1. The number of aromatic nitrogens is 3. The van der Waals surface area contributed by atoms with E-state index in [1.165, 1.54) is 49.7 Å². The van der Waals surface area contributed by atoms with E-state index in [-0.39, 0.29) is 0 Å². The van der Waals surface area contributed by atoms with Crippen molar-refractivity contribution in [2.24, 2.45) is 0 Å². The highest BCUT2D eigenvalue weighted by Gasteiger charge is 2.20. The normalized spacial score (nSPS) is 13.3. The van der Waals surface area contributed by atoms with Crippen LogP contribution in [0.15, 0.2) is 138 Å². The van der Waals surface area contributed by atoms with Crippen molar-refractivity contribution in [1.29, 1.82) is 0 Å². The van der Waals surface area contributed by atoms with Gasteiger partial charge in [-0.3, -0.25) is 0 Å². The van der Waals surface area contributed by atoms with Crippen molar-refractivity contribution in [3.63, 3.8) is 0 Å². The van der Waals surface area contributed by atoms with Gasteiger partial charge in [-0.15, -0.1) is 0 Å². The minimum absolute atomic E-state index is 0.666. The maximum absolute atomic E-state index is 6.26. The van der Waals surface area contributed by atoms with E-state index >= 15 is 0 Å². The van der Waals surface area contributed by atoms with Crippen LogP contribution < -0.4 is 0 Å². The van der Waals surface area contributed by atoms with Gasteiger partial charge in [0.15, 0.2) is 17.5 Å². The molecule has 4 heteroatoms. The van der Waals surface area contributed by atoms with Crippen LogP contribution in [-0.4, -0.2) is 15.0 Å². The van der Waals surface area contributed by atoms with E-state index in [9.17, 15) is 0 Å². The zero-order valence-corrected chi connectivity index (χ0v) is 26.9. The first-order valence-corrected chi connectivity index (χ1v) is 17.0. The van der Waals surface area contributed by atoms with Crippen LogP contribution in [0.5, 0.6) is 0 Å². The van der Waals surface area contributed by atoms with Crippen molar-refractivity contribution >= 4 is 27.8 Å². The lowest BCUT2D eigenvalue weighted by atomic mass is 9.85. The van der Waals surface area contributed by atoms with Crippen LogP contribution in [0.4, 0.5) is 0 Å². The highest BCUT2D eigenvalue weighted by atomic mass is 16.3. The predicted octanol–water partition coefficient (Wildman–Crippen LogP) is 11.2. The number of allylic oxidation sites excluding steroid dienone is 1. The first-order chi connectivity index (χ1) is 24.2. The summed E-state index contributed by atoms with van der Waals surface area (Å²) < 4.78 is 6.26. The summed E-state index contributed by atoms with van der Waals surface area (Å²) in [6, 6.07) is 45.2. The third kappa shape index (κ3) is 4.79. The first kappa shape index (κ1) is 27.9. The highest BCUT2D eigenvalue weighted by Crippen LogP contribution is 2.39. The summed E-state index contributed by atoms with van der Waals surface area (Å²) in [6.45, 7) is 0. The molecule has 8 aromatic rings. The molecule has 0 radical (unpaired) electrons. The molecule has 0 bridgehead atoms. The fourth-order valence-corrected chi connectivity index (χ4v) is 7.61. The Kier molecular flexibility index (Phi) is 6.41. The van der Waals surface area contributed by atoms with E-state index in [2.05, 4.69) is 121 Å². The van der Waals surface area contributed by atoms with Gasteiger partial charge in [0.2, 0.25) is 0 Å². The van der Waals surface area contributed by atoms with Crippen molar-refractivity contribution in [2.75, 3.05) is 0 Å². The number of furan rings is 1. The van der Waals surface area contributed by atoms with Crippen LogP contribution in [0.25, 0.3) is 84.2 Å². The average molecular weight is 630 g/mol. The molecule has 0 saturated heterocycles. The molecule has 2 heterocycles. The molecule has 2 aromatic heterocycles. The number of hydrogen-bond donors (Lipinski definition) is 0. The van der Waals surface area contributed by atoms with Gasteiger partial charge < -0.3 is 4.42 Å². The Bertz CT molecular complexity index is 2610. The van der Waals surface area contributed by atoms with Gasteiger partial charge in [0.05, 0.1) is 0 Å². The molecule has 6 aromatic carbocycles. The second-order valence-electron chi connectivity index (χ2n) is 13.0. The Morgan fingerprint density at radius 1 is 0.469 bits per heavy atom. The Morgan fingerprint density at radius 3 is 1.98 bits per heavy atom. The maximum atomic E-state index is 6.26. The third-order valence-corrected chi connectivity index (χ3v) is 10.1. The zero-order valence-electron chi connectivity index (χ0n) is 26.9. The number of rotatable bonds is 4. The fraction of sp³-hybridized carbons (Fsp3) is 0.0889. The summed E-state index contributed by atoms with van der Waals surface area (Å²) in [5.41, 5.74) is 12.9. The standard InChI is InChI=1S/C45H31N3O/c1-2-10-29(11-3-1)43-46-44(48-45(47-43)35-23-24-37-32(27-35)20-17-28-9-4-5-12-36(28)37)34-22-19-30-25-33(21-18-31(30)26-34)38-14-8-16-41-42(38)39-13-6-7-15-40(39)49-41/h1-6,8-14,16,18-19,21-27H,7,15,17,20H2. The van der Waals surface area contributed by atoms with Gasteiger partial charge in [0.1, 0.15) is 11.3 Å². The van der Waals surface area contributed by atoms with Crippen molar-refractivity contribution in [3.8, 4) is 56.4 Å². The largest absolute Gasteiger partial charge is 0.460 e. The molecule has 10 rings (SSSR count). The van der Waals surface area contributed by atoms with Crippen LogP contribution >= 0.6 is 0 Å². The summed E-state index contributed by atoms with van der Waals surface area (Å²) in [5, 5.41) is 3.50. The van der Waals surface area contributed by atoms with Crippen molar-refractivity contribution in [3.05, 3.63) is 156 Å². The molecular weight excluding hydrogens is 599 g/mol. The van der Waals surface area contributed by atoms with Gasteiger partial charge in [0.25, 0.3) is 0 Å². The van der Waals surface area contributed by atoms with E-state index in [1.54, 1.807) is 0 Å². The van der Waals surface area contributed by atoms with Gasteiger partial charge in [-0.2, -0.15) is 0 Å². The second kappa shape index (κ2) is 11.2. The van der Waals surface area contributed by atoms with Gasteiger partial charge in [-0.25, -0.2) is 15.0 Å². The fourth-order valence-electron chi connectivity index (χ4n) is 7.61. The van der Waals surface area contributed by atoms with Crippen LogP contribution in [0.1, 0.15) is 28.9 Å². The molecule has 0 amide bonds. The van der Waals surface area contributed by atoms with Crippen LogP contribution in [0, 0.1) is 0 Å². The SMILES string of the molecule is C1=Cc2c(oc3cccc(-c4ccc5cc(-c6nc(-c7ccccc7)nc(-c7ccc8c(c7)CCc7ccccc7-8)n6)ccc5c4)c23)CC1. The molecule has 4 nitrogen and oxygen atoms in total. The van der Waals surface area contributed by atoms with Crippen LogP contribution in [-0.2, 0) is 19.3 Å². The number of benzene rings is 6. The molecule has 49 heavy (non-hydrogen) atoms. The average Bonchev–Trinajstić information content (AvgIpc) is 3.56. The Balaban J connectivity index is 1.07. The minimum Gasteiger partial charge on any atom is -0.460 e. The molecular formula is C45H31N3O. The lowest BCUT2D eigenvalue weighted by Crippen LogP contribution is -2.05. The van der Waals surface area contributed by atoms with E-state index in [1.807, 2.05) is 18.2 Å². The molecule has 232 valence electrons. The predicted molar refractivity (Wildman–Crippen MR) is 199 cm³/mol. The van der Waals surface area contributed by atoms with Gasteiger partial charge in [-0.1, -0.05) is 115 Å².